The fourth-order valence-corrected chi connectivity index (χ4v) is 6.67. The second-order valence-electron chi connectivity index (χ2n) is 16.1. The van der Waals surface area contributed by atoms with Crippen LogP contribution in [0.15, 0.2) is 49.1 Å². The van der Waals surface area contributed by atoms with E-state index in [9.17, 15) is 19.0 Å². The van der Waals surface area contributed by atoms with Crippen molar-refractivity contribution in [1.82, 2.24) is 0 Å². The van der Waals surface area contributed by atoms with Crippen LogP contribution in [0.4, 0.5) is 0 Å². The highest BCUT2D eigenvalue weighted by Crippen LogP contribution is 2.38. The molecule has 326 valence electrons. The summed E-state index contributed by atoms with van der Waals surface area (Å²) in [5.41, 5.74) is 0. The Morgan fingerprint density at radius 2 is 1.07 bits per heavy atom. The van der Waals surface area contributed by atoms with Gasteiger partial charge in [-0.3, -0.25) is 14.2 Å². The Kier molecular flexibility index (Phi) is 37.1. The van der Waals surface area contributed by atoms with Crippen LogP contribution in [0.2, 0.25) is 0 Å². The summed E-state index contributed by atoms with van der Waals surface area (Å²) in [6.45, 7) is 5.68. The van der Waals surface area contributed by atoms with Gasteiger partial charge in [-0.05, 0) is 57.8 Å². The van der Waals surface area contributed by atoms with Crippen molar-refractivity contribution >= 4 is 19.8 Å². The van der Waals surface area contributed by atoms with Gasteiger partial charge in [0.2, 0.25) is 0 Å². The Labute approximate surface area is 343 Å². The zero-order chi connectivity index (χ0) is 41.4. The molecule has 56 heavy (non-hydrogen) atoms. The third-order valence-corrected chi connectivity index (χ3v) is 10.4. The first-order valence-corrected chi connectivity index (χ1v) is 23.8. The summed E-state index contributed by atoms with van der Waals surface area (Å²) in [7, 11) is 1.13. The quantitative estimate of drug-likeness (QED) is 0.0197. The Balaban J connectivity index is 4.42. The molecule has 0 heterocycles. The van der Waals surface area contributed by atoms with Crippen LogP contribution < -0.4 is 4.89 Å². The number of allylic oxidation sites excluding steroid dienone is 7. The molecule has 10 heteroatoms. The molecule has 0 aromatic rings. The molecule has 0 saturated carbocycles. The zero-order valence-electron chi connectivity index (χ0n) is 36.4. The summed E-state index contributed by atoms with van der Waals surface area (Å²) in [5, 5.41) is 0. The van der Waals surface area contributed by atoms with E-state index in [1.807, 2.05) is 33.3 Å². The van der Waals surface area contributed by atoms with Gasteiger partial charge in [0.25, 0.3) is 7.82 Å². The lowest BCUT2D eigenvalue weighted by Gasteiger charge is -2.28. The Morgan fingerprint density at radius 1 is 0.607 bits per heavy atom. The number of quaternary nitrogens is 1. The molecular weight excluding hydrogens is 725 g/mol. The monoisotopic (exact) mass is 810 g/mol. The van der Waals surface area contributed by atoms with Crippen molar-refractivity contribution in [2.24, 2.45) is 0 Å². The van der Waals surface area contributed by atoms with Crippen molar-refractivity contribution < 1.29 is 42.1 Å². The van der Waals surface area contributed by atoms with E-state index in [0.29, 0.717) is 23.9 Å². The van der Waals surface area contributed by atoms with Gasteiger partial charge in [-0.15, -0.1) is 6.58 Å². The smallest absolute Gasteiger partial charge is 0.306 e. The SMILES string of the molecule is C=CCCCCCCCCCCCCCCCC(=O)OC[C@H](COP(=O)([O-])OCC[N+](C)(C)C)OC(=O)CCC/C=C/C/C=C/C/C=C/CCCCCCCC. The summed E-state index contributed by atoms with van der Waals surface area (Å²) < 4.78 is 33.8. The van der Waals surface area contributed by atoms with Crippen LogP contribution in [0.1, 0.15) is 180 Å². The van der Waals surface area contributed by atoms with Crippen LogP contribution in [0, 0.1) is 0 Å². The number of carbonyl (C=O) groups is 2. The molecule has 0 aliphatic carbocycles. The van der Waals surface area contributed by atoms with Gasteiger partial charge in [-0.25, -0.2) is 0 Å². The first kappa shape index (κ1) is 54.0. The Hall–Kier alpha value is -2.03. The van der Waals surface area contributed by atoms with Gasteiger partial charge in [-0.1, -0.05) is 152 Å². The number of phosphoric ester groups is 1. The maximum atomic E-state index is 12.7. The van der Waals surface area contributed by atoms with E-state index in [-0.39, 0.29) is 26.1 Å². The van der Waals surface area contributed by atoms with Crippen LogP contribution in [-0.2, 0) is 32.7 Å². The minimum Gasteiger partial charge on any atom is -0.756 e. The van der Waals surface area contributed by atoms with E-state index in [0.717, 1.165) is 44.9 Å². The lowest BCUT2D eigenvalue weighted by molar-refractivity contribution is -0.870. The average Bonchev–Trinajstić information content (AvgIpc) is 3.15. The van der Waals surface area contributed by atoms with Gasteiger partial charge < -0.3 is 27.9 Å². The molecule has 0 aromatic heterocycles. The van der Waals surface area contributed by atoms with Crippen LogP contribution in [0.5, 0.6) is 0 Å². The molecule has 9 nitrogen and oxygen atoms in total. The standard InChI is InChI=1S/C46H84NO8P/c1-6-8-10-12-14-16-18-20-22-23-25-27-29-31-33-35-37-39-46(49)55-44(43-54-56(50,51)53-41-40-47(3,4)5)42-52-45(48)38-36-34-32-30-28-26-24-21-19-17-15-13-11-9-7-2/h7,20,22,25,27,31,33,44H,2,6,8-19,21,23-24,26,28-30,32,34-43H2,1,3-5H3/b22-20+,27-25+,33-31+/t44-/m1/s1. The molecule has 0 amide bonds. The molecule has 0 saturated heterocycles. The minimum atomic E-state index is -4.64. The lowest BCUT2D eigenvalue weighted by Crippen LogP contribution is -2.37. The van der Waals surface area contributed by atoms with Crippen LogP contribution in [0.3, 0.4) is 0 Å². The number of nitrogens with zero attached hydrogens (tertiary/aromatic N) is 1. The van der Waals surface area contributed by atoms with Crippen molar-refractivity contribution in [2.75, 3.05) is 47.5 Å². The lowest BCUT2D eigenvalue weighted by atomic mass is 10.0. The van der Waals surface area contributed by atoms with Gasteiger partial charge in [0, 0.05) is 12.8 Å². The van der Waals surface area contributed by atoms with Crippen molar-refractivity contribution in [3.8, 4) is 0 Å². The number of hydrogen-bond acceptors (Lipinski definition) is 8. The number of esters is 2. The second-order valence-corrected chi connectivity index (χ2v) is 17.6. The van der Waals surface area contributed by atoms with Gasteiger partial charge in [-0.2, -0.15) is 0 Å². The van der Waals surface area contributed by atoms with Gasteiger partial charge in [0.15, 0.2) is 6.10 Å². The molecule has 1 unspecified atom stereocenters. The second kappa shape index (κ2) is 38.5. The Morgan fingerprint density at radius 3 is 1.61 bits per heavy atom. The number of phosphoric acid groups is 1. The average molecular weight is 810 g/mol. The molecule has 0 bridgehead atoms. The first-order chi connectivity index (χ1) is 27.0. The van der Waals surface area contributed by atoms with Crippen molar-refractivity contribution in [2.45, 2.75) is 186 Å². The van der Waals surface area contributed by atoms with Crippen LogP contribution in [0.25, 0.3) is 0 Å². The highest BCUT2D eigenvalue weighted by Gasteiger charge is 2.21. The van der Waals surface area contributed by atoms with Crippen LogP contribution >= 0.6 is 7.82 Å². The summed E-state index contributed by atoms with van der Waals surface area (Å²) in [5.74, 6) is -0.898. The Bertz CT molecular complexity index is 1080. The third kappa shape index (κ3) is 41.6. The van der Waals surface area contributed by atoms with E-state index in [4.69, 9.17) is 18.5 Å². The minimum absolute atomic E-state index is 0.0413. The number of ether oxygens (including phenoxy) is 2. The summed E-state index contributed by atoms with van der Waals surface area (Å²) in [6.07, 6.45) is 43.2. The summed E-state index contributed by atoms with van der Waals surface area (Å²) in [6, 6.07) is 0. The van der Waals surface area contributed by atoms with Crippen molar-refractivity contribution in [3.63, 3.8) is 0 Å². The maximum absolute atomic E-state index is 12.7. The predicted molar refractivity (Wildman–Crippen MR) is 231 cm³/mol. The van der Waals surface area contributed by atoms with Crippen molar-refractivity contribution in [3.05, 3.63) is 49.1 Å². The van der Waals surface area contributed by atoms with E-state index in [1.54, 1.807) is 0 Å². The van der Waals surface area contributed by atoms with E-state index in [2.05, 4.69) is 43.9 Å². The number of unbranched alkanes of at least 4 members (excludes halogenated alkanes) is 20. The topological polar surface area (TPSA) is 111 Å². The molecule has 0 rings (SSSR count). The number of hydrogen-bond donors (Lipinski definition) is 0. The fourth-order valence-electron chi connectivity index (χ4n) is 5.94. The highest BCUT2D eigenvalue weighted by atomic mass is 31.2. The molecule has 0 aliphatic heterocycles. The van der Waals surface area contributed by atoms with Crippen molar-refractivity contribution in [1.29, 1.82) is 0 Å². The molecule has 0 radical (unpaired) electrons. The normalized spacial score (nSPS) is 13.8. The highest BCUT2D eigenvalue weighted by molar-refractivity contribution is 7.45. The van der Waals surface area contributed by atoms with Gasteiger partial charge in [0.1, 0.15) is 19.8 Å². The summed E-state index contributed by atoms with van der Waals surface area (Å²) in [4.78, 5) is 37.5. The van der Waals surface area contributed by atoms with Gasteiger partial charge in [0.05, 0.1) is 27.7 Å². The zero-order valence-corrected chi connectivity index (χ0v) is 37.3. The molecular formula is C46H84NO8P. The van der Waals surface area contributed by atoms with Crippen LogP contribution in [-0.4, -0.2) is 70.0 Å². The molecule has 2 atom stereocenters. The molecule has 0 spiro atoms. The third-order valence-electron chi connectivity index (χ3n) is 9.47. The molecule has 0 aromatic carbocycles. The molecule has 0 fully saturated rings. The first-order valence-electron chi connectivity index (χ1n) is 22.3. The number of rotatable bonds is 41. The van der Waals surface area contributed by atoms with E-state index in [1.165, 1.54) is 103 Å². The number of likely N-dealkylation sites (N-methyl/N-ethyl adjacent to an activating group) is 1. The predicted octanol–water partition coefficient (Wildman–Crippen LogP) is 12.1. The fraction of sp³-hybridized carbons (Fsp3) is 0.783. The number of carbonyl (C=O) groups excluding carboxylic acids is 2. The maximum Gasteiger partial charge on any atom is 0.306 e. The molecule has 0 N–H and O–H groups in total. The largest absolute Gasteiger partial charge is 0.756 e. The summed E-state index contributed by atoms with van der Waals surface area (Å²) >= 11 is 0. The molecule has 0 aliphatic rings. The van der Waals surface area contributed by atoms with E-state index >= 15 is 0 Å². The van der Waals surface area contributed by atoms with E-state index < -0.39 is 32.5 Å². The van der Waals surface area contributed by atoms with Gasteiger partial charge >= 0.3 is 11.9 Å².